The van der Waals surface area contributed by atoms with Crippen LogP contribution in [0.5, 0.6) is 5.88 Å². The van der Waals surface area contributed by atoms with E-state index in [1.54, 1.807) is 0 Å². The molecule has 190 valence electrons. The molecule has 2 amide bonds. The Hall–Kier alpha value is -3.64. The SMILES string of the molecule is CON=C(C(=O)NC1C(=O)N2C(C(=O)[O-])=C(CSc3nc(=O)c([O-])nn3C)CSC12)c1csc(N)n1. The van der Waals surface area contributed by atoms with Gasteiger partial charge in [-0.1, -0.05) is 16.9 Å². The molecule has 3 N–H and O–H groups in total. The zero-order chi connectivity index (χ0) is 26.1. The predicted octanol–water partition coefficient (Wildman–Crippen LogP) is -3.17. The van der Waals surface area contributed by atoms with Crippen LogP contribution in [0, 0.1) is 0 Å². The van der Waals surface area contributed by atoms with E-state index in [9.17, 15) is 29.4 Å². The zero-order valence-corrected chi connectivity index (χ0v) is 20.9. The number of anilines is 1. The third-order valence-corrected chi connectivity index (χ3v) is 8.08. The number of aromatic nitrogens is 4. The van der Waals surface area contributed by atoms with Gasteiger partial charge >= 0.3 is 0 Å². The van der Waals surface area contributed by atoms with Gasteiger partial charge in [-0.25, -0.2) is 9.67 Å². The number of hydrogen-bond acceptors (Lipinski definition) is 15. The second-order valence-corrected chi connectivity index (χ2v) is 10.1. The Morgan fingerprint density at radius 3 is 2.78 bits per heavy atom. The number of carbonyl (C=O) groups is 3. The predicted molar refractivity (Wildman–Crippen MR) is 125 cm³/mol. The minimum atomic E-state index is -1.57. The molecule has 4 rings (SSSR count). The maximum absolute atomic E-state index is 12.9. The molecule has 0 aromatic carbocycles. The van der Waals surface area contributed by atoms with Gasteiger partial charge < -0.3 is 30.9 Å². The van der Waals surface area contributed by atoms with Crippen LogP contribution < -0.4 is 26.8 Å². The number of rotatable bonds is 8. The monoisotopic (exact) mass is 552 g/mol. The van der Waals surface area contributed by atoms with E-state index in [1.165, 1.54) is 31.3 Å². The molecule has 2 unspecified atom stereocenters. The topological polar surface area (TPSA) is 221 Å². The average Bonchev–Trinajstić information content (AvgIpc) is 3.27. The first-order chi connectivity index (χ1) is 17.1. The van der Waals surface area contributed by atoms with Crippen molar-refractivity contribution in [3.63, 3.8) is 0 Å². The lowest BCUT2D eigenvalue weighted by Crippen LogP contribution is -2.71. The second kappa shape index (κ2) is 10.2. The molecule has 0 saturated carbocycles. The maximum atomic E-state index is 12.9. The summed E-state index contributed by atoms with van der Waals surface area (Å²) in [5.41, 5.74) is 4.57. The summed E-state index contributed by atoms with van der Waals surface area (Å²) in [6.45, 7) is 0. The number of β-lactam (4-membered cyclic amide) rings is 1. The summed E-state index contributed by atoms with van der Waals surface area (Å²) < 4.78 is 1.11. The van der Waals surface area contributed by atoms with Crippen LogP contribution in [0.2, 0.25) is 0 Å². The Morgan fingerprint density at radius 1 is 1.39 bits per heavy atom. The van der Waals surface area contributed by atoms with Crippen LogP contribution in [0.3, 0.4) is 0 Å². The molecule has 1 fully saturated rings. The first kappa shape index (κ1) is 25.5. The number of thiazole rings is 1. The maximum Gasteiger partial charge on any atom is 0.284 e. The molecule has 0 bridgehead atoms. The molecule has 1 saturated heterocycles. The van der Waals surface area contributed by atoms with E-state index in [1.807, 2.05) is 0 Å². The highest BCUT2D eigenvalue weighted by Gasteiger charge is 2.53. The van der Waals surface area contributed by atoms with Gasteiger partial charge in [-0.2, -0.15) is 10.1 Å². The molecule has 2 atom stereocenters. The number of fused-ring (bicyclic) bond motifs is 1. The number of nitrogens with one attached hydrogen (secondary N) is 1. The molecule has 2 aromatic heterocycles. The lowest BCUT2D eigenvalue weighted by molar-refractivity contribution is -0.301. The number of carbonyl (C=O) groups excluding carboxylic acids is 3. The number of oxime groups is 1. The Morgan fingerprint density at radius 2 is 2.14 bits per heavy atom. The normalized spacial score (nSPS) is 19.6. The van der Waals surface area contributed by atoms with E-state index in [-0.39, 0.29) is 38.9 Å². The number of nitrogen functional groups attached to an aromatic ring is 1. The van der Waals surface area contributed by atoms with Crippen LogP contribution in [-0.2, 0) is 26.3 Å². The fourth-order valence-electron chi connectivity index (χ4n) is 3.39. The van der Waals surface area contributed by atoms with Crippen molar-refractivity contribution in [1.82, 2.24) is 30.0 Å². The van der Waals surface area contributed by atoms with Crippen molar-refractivity contribution in [3.05, 3.63) is 32.7 Å². The van der Waals surface area contributed by atoms with Crippen molar-refractivity contribution in [2.45, 2.75) is 16.6 Å². The van der Waals surface area contributed by atoms with Gasteiger partial charge in [0.15, 0.2) is 16.0 Å². The van der Waals surface area contributed by atoms with Gasteiger partial charge in [0.2, 0.25) is 0 Å². The summed E-state index contributed by atoms with van der Waals surface area (Å²) in [4.78, 5) is 62.5. The Balaban J connectivity index is 1.51. The molecule has 2 aromatic rings. The second-order valence-electron chi connectivity index (χ2n) is 7.21. The van der Waals surface area contributed by atoms with Crippen LogP contribution in [0.1, 0.15) is 5.69 Å². The van der Waals surface area contributed by atoms with Crippen LogP contribution in [0.4, 0.5) is 5.13 Å². The van der Waals surface area contributed by atoms with E-state index in [4.69, 9.17) is 10.6 Å². The minimum absolute atomic E-state index is 0.0416. The van der Waals surface area contributed by atoms with E-state index >= 15 is 0 Å². The number of nitrogens with two attached hydrogens (primary N) is 1. The third kappa shape index (κ3) is 4.73. The average molecular weight is 553 g/mol. The van der Waals surface area contributed by atoms with Crippen LogP contribution in [-0.4, -0.2) is 78.2 Å². The van der Waals surface area contributed by atoms with Gasteiger partial charge in [0.1, 0.15) is 24.2 Å². The number of nitrogens with zero attached hydrogens (tertiary/aromatic N) is 6. The Bertz CT molecular complexity index is 1370. The van der Waals surface area contributed by atoms with Crippen molar-refractivity contribution in [2.75, 3.05) is 24.3 Å². The summed E-state index contributed by atoms with van der Waals surface area (Å²) in [5, 5.41) is 34.1. The van der Waals surface area contributed by atoms with Crippen LogP contribution in [0.15, 0.2) is 31.8 Å². The number of carboxylic acid groups (broad SMARTS) is 1. The number of thioether (sulfide) groups is 2. The summed E-state index contributed by atoms with van der Waals surface area (Å²) >= 11 is 3.31. The van der Waals surface area contributed by atoms with Crippen LogP contribution in [0.25, 0.3) is 0 Å². The van der Waals surface area contributed by atoms with Crippen molar-refractivity contribution >= 4 is 63.5 Å². The Labute approximate surface area is 214 Å². The van der Waals surface area contributed by atoms with Crippen LogP contribution >= 0.6 is 34.9 Å². The minimum Gasteiger partial charge on any atom is -0.854 e. The third-order valence-electron chi connectivity index (χ3n) is 4.96. The molecule has 0 radical (unpaired) electrons. The zero-order valence-electron chi connectivity index (χ0n) is 18.5. The molecular weight excluding hydrogens is 536 g/mol. The molecule has 36 heavy (non-hydrogen) atoms. The summed E-state index contributed by atoms with van der Waals surface area (Å²) in [6.07, 6.45) is 0. The summed E-state index contributed by atoms with van der Waals surface area (Å²) in [5.74, 6) is -3.74. The van der Waals surface area contributed by atoms with Crippen molar-refractivity contribution in [3.8, 4) is 5.88 Å². The number of hydrogen-bond donors (Lipinski definition) is 2. The first-order valence-corrected chi connectivity index (χ1v) is 12.8. The molecule has 0 aliphatic carbocycles. The van der Waals surface area contributed by atoms with E-state index in [0.29, 0.717) is 5.57 Å². The smallest absolute Gasteiger partial charge is 0.284 e. The van der Waals surface area contributed by atoms with E-state index in [0.717, 1.165) is 32.7 Å². The fourth-order valence-corrected chi connectivity index (χ4v) is 6.33. The lowest BCUT2D eigenvalue weighted by atomic mass is 10.0. The van der Waals surface area contributed by atoms with Gasteiger partial charge in [0.05, 0.1) is 17.5 Å². The largest absolute Gasteiger partial charge is 0.854 e. The molecular formula is C18H16N8O7S3-2. The standard InChI is InChI=1S/C18H18N8O7S3/c1-25-18(22-12(28)13(29)23-25)36-4-6-3-34-15-9(14(30)26(15)10(6)16(31)32)21-11(27)8(24-33-2)7-5-35-17(19)20-7/h5,9,15H,3-4H2,1-2H3,(H2,19,20)(H,21,27)(H,23,29)(H,31,32)/p-2. The van der Waals surface area contributed by atoms with E-state index < -0.39 is 40.6 Å². The van der Waals surface area contributed by atoms with Gasteiger partial charge in [-0.05, 0) is 5.57 Å². The molecule has 15 nitrogen and oxygen atoms in total. The van der Waals surface area contributed by atoms with Crippen molar-refractivity contribution in [2.24, 2.45) is 12.2 Å². The Kier molecular flexibility index (Phi) is 7.18. The fraction of sp³-hybridized carbons (Fsp3) is 0.333. The summed E-state index contributed by atoms with van der Waals surface area (Å²) in [7, 11) is 2.66. The number of aryl methyl sites for hydroxylation is 1. The quantitative estimate of drug-likeness (QED) is 0.143. The number of carboxylic acids is 1. The number of aliphatic carboxylic acids is 1. The van der Waals surface area contributed by atoms with Gasteiger partial charge in [0, 0.05) is 23.9 Å². The van der Waals surface area contributed by atoms with Gasteiger partial charge in [-0.3, -0.25) is 19.3 Å². The van der Waals surface area contributed by atoms with Gasteiger partial charge in [-0.15, -0.1) is 23.1 Å². The van der Waals surface area contributed by atoms with Crippen molar-refractivity contribution < 1.29 is 29.4 Å². The van der Waals surface area contributed by atoms with E-state index in [2.05, 4.69) is 25.5 Å². The highest BCUT2D eigenvalue weighted by atomic mass is 32.2. The lowest BCUT2D eigenvalue weighted by Gasteiger charge is -2.50. The molecule has 4 heterocycles. The highest BCUT2D eigenvalue weighted by molar-refractivity contribution is 8.01. The molecule has 18 heteroatoms. The van der Waals surface area contributed by atoms with Gasteiger partial charge in [0.25, 0.3) is 17.4 Å². The first-order valence-electron chi connectivity index (χ1n) is 9.89. The highest BCUT2D eigenvalue weighted by Crippen LogP contribution is 2.41. The molecule has 2 aliphatic rings. The summed E-state index contributed by atoms with van der Waals surface area (Å²) in [6, 6.07) is -1.03. The number of amides is 2. The molecule has 2 aliphatic heterocycles. The van der Waals surface area contributed by atoms with Crippen molar-refractivity contribution in [1.29, 1.82) is 0 Å². The molecule has 0 spiro atoms.